The highest BCUT2D eigenvalue weighted by Crippen LogP contribution is 2.34. The summed E-state index contributed by atoms with van der Waals surface area (Å²) in [6.07, 6.45) is 3.73. The Kier molecular flexibility index (Phi) is 4.68. The van der Waals surface area contributed by atoms with Gasteiger partial charge in [-0.1, -0.05) is 17.8 Å². The van der Waals surface area contributed by atoms with Crippen LogP contribution in [-0.4, -0.2) is 37.0 Å². The SMILES string of the molecule is C=CCNc1nc(SC)nc2cc(OC)c(OC)cc12. The van der Waals surface area contributed by atoms with E-state index >= 15 is 0 Å². The minimum atomic E-state index is 0.633. The average Bonchev–Trinajstić information content (AvgIpc) is 2.50. The molecule has 0 saturated heterocycles. The maximum atomic E-state index is 5.33. The van der Waals surface area contributed by atoms with Gasteiger partial charge in [0.1, 0.15) is 5.82 Å². The Morgan fingerprint density at radius 2 is 1.95 bits per heavy atom. The number of methoxy groups -OCH3 is 2. The van der Waals surface area contributed by atoms with Crippen LogP contribution in [0.5, 0.6) is 11.5 Å². The Balaban J connectivity index is 2.65. The first-order valence-corrected chi connectivity index (χ1v) is 7.28. The Morgan fingerprint density at radius 1 is 1.25 bits per heavy atom. The van der Waals surface area contributed by atoms with Crippen molar-refractivity contribution >= 4 is 28.5 Å². The van der Waals surface area contributed by atoms with Gasteiger partial charge in [-0.2, -0.15) is 0 Å². The van der Waals surface area contributed by atoms with E-state index in [0.717, 1.165) is 16.7 Å². The van der Waals surface area contributed by atoms with Gasteiger partial charge in [-0.25, -0.2) is 9.97 Å². The highest BCUT2D eigenvalue weighted by molar-refractivity contribution is 7.98. The number of rotatable bonds is 6. The lowest BCUT2D eigenvalue weighted by atomic mass is 10.2. The molecule has 6 heteroatoms. The molecule has 106 valence electrons. The standard InChI is InChI=1S/C14H17N3O2S/c1-5-6-15-13-9-7-11(18-2)12(19-3)8-10(9)16-14(17-13)20-4/h5,7-8H,1,6H2,2-4H3,(H,15,16,17). The second-order valence-electron chi connectivity index (χ2n) is 3.95. The van der Waals surface area contributed by atoms with Crippen molar-refractivity contribution in [2.75, 3.05) is 32.3 Å². The van der Waals surface area contributed by atoms with Crippen molar-refractivity contribution < 1.29 is 9.47 Å². The zero-order valence-corrected chi connectivity index (χ0v) is 12.6. The van der Waals surface area contributed by atoms with Gasteiger partial charge in [-0.05, 0) is 12.3 Å². The van der Waals surface area contributed by atoms with Gasteiger partial charge in [0.15, 0.2) is 16.7 Å². The molecule has 0 aliphatic heterocycles. The number of ether oxygens (including phenoxy) is 2. The van der Waals surface area contributed by atoms with E-state index < -0.39 is 0 Å². The third-order valence-electron chi connectivity index (χ3n) is 2.78. The van der Waals surface area contributed by atoms with Crippen LogP contribution in [-0.2, 0) is 0 Å². The Bertz CT molecular complexity index is 631. The first kappa shape index (κ1) is 14.5. The van der Waals surface area contributed by atoms with E-state index in [9.17, 15) is 0 Å². The van der Waals surface area contributed by atoms with Gasteiger partial charge < -0.3 is 14.8 Å². The molecule has 2 aromatic rings. The molecular formula is C14H17N3O2S. The number of aromatic nitrogens is 2. The quantitative estimate of drug-likeness (QED) is 0.501. The van der Waals surface area contributed by atoms with Crippen LogP contribution < -0.4 is 14.8 Å². The van der Waals surface area contributed by atoms with Crippen molar-refractivity contribution in [3.63, 3.8) is 0 Å². The minimum Gasteiger partial charge on any atom is -0.493 e. The van der Waals surface area contributed by atoms with Crippen molar-refractivity contribution in [2.24, 2.45) is 0 Å². The topological polar surface area (TPSA) is 56.3 Å². The second-order valence-corrected chi connectivity index (χ2v) is 4.73. The monoisotopic (exact) mass is 291 g/mol. The molecule has 0 bridgehead atoms. The third-order valence-corrected chi connectivity index (χ3v) is 3.32. The fourth-order valence-corrected chi connectivity index (χ4v) is 2.20. The molecule has 2 rings (SSSR count). The van der Waals surface area contributed by atoms with Crippen molar-refractivity contribution in [2.45, 2.75) is 5.16 Å². The zero-order valence-electron chi connectivity index (χ0n) is 11.8. The summed E-state index contributed by atoms with van der Waals surface area (Å²) < 4.78 is 10.6. The van der Waals surface area contributed by atoms with E-state index in [1.54, 1.807) is 20.3 Å². The normalized spacial score (nSPS) is 10.3. The predicted molar refractivity (Wildman–Crippen MR) is 83.1 cm³/mol. The molecule has 20 heavy (non-hydrogen) atoms. The number of hydrogen-bond donors (Lipinski definition) is 1. The largest absolute Gasteiger partial charge is 0.493 e. The van der Waals surface area contributed by atoms with Crippen LogP contribution in [0.3, 0.4) is 0 Å². The second kappa shape index (κ2) is 6.47. The molecule has 1 aromatic carbocycles. The van der Waals surface area contributed by atoms with Crippen molar-refractivity contribution in [3.8, 4) is 11.5 Å². The molecule has 0 fully saturated rings. The fourth-order valence-electron chi connectivity index (χ4n) is 1.83. The van der Waals surface area contributed by atoms with Crippen molar-refractivity contribution in [1.29, 1.82) is 0 Å². The summed E-state index contributed by atoms with van der Waals surface area (Å²) in [6.45, 7) is 4.34. The van der Waals surface area contributed by atoms with Crippen molar-refractivity contribution in [3.05, 3.63) is 24.8 Å². The number of fused-ring (bicyclic) bond motifs is 1. The number of nitrogens with zero attached hydrogens (tertiary/aromatic N) is 2. The average molecular weight is 291 g/mol. The number of thioether (sulfide) groups is 1. The van der Waals surface area contributed by atoms with E-state index in [-0.39, 0.29) is 0 Å². The maximum Gasteiger partial charge on any atom is 0.189 e. The van der Waals surface area contributed by atoms with Crippen LogP contribution in [0.2, 0.25) is 0 Å². The molecule has 1 aromatic heterocycles. The minimum absolute atomic E-state index is 0.633. The molecule has 0 unspecified atom stereocenters. The van der Waals surface area contributed by atoms with Gasteiger partial charge >= 0.3 is 0 Å². The molecule has 1 N–H and O–H groups in total. The number of benzene rings is 1. The molecule has 0 aliphatic carbocycles. The molecule has 5 nitrogen and oxygen atoms in total. The fraction of sp³-hybridized carbons (Fsp3) is 0.286. The molecule has 0 amide bonds. The van der Waals surface area contributed by atoms with Crippen molar-refractivity contribution in [1.82, 2.24) is 9.97 Å². The molecule has 0 aliphatic rings. The lowest BCUT2D eigenvalue weighted by Gasteiger charge is -2.12. The lowest BCUT2D eigenvalue weighted by molar-refractivity contribution is 0.355. The van der Waals surface area contributed by atoms with Crippen LogP contribution in [0, 0.1) is 0 Å². The van der Waals surface area contributed by atoms with Gasteiger partial charge in [-0.15, -0.1) is 6.58 Å². The van der Waals surface area contributed by atoms with E-state index in [4.69, 9.17) is 9.47 Å². The van der Waals surface area contributed by atoms with E-state index in [0.29, 0.717) is 23.2 Å². The number of anilines is 1. The Hall–Kier alpha value is -1.95. The van der Waals surface area contributed by atoms with E-state index in [2.05, 4.69) is 21.9 Å². The molecule has 0 atom stereocenters. The van der Waals surface area contributed by atoms with Crippen LogP contribution in [0.15, 0.2) is 29.9 Å². The molecule has 1 heterocycles. The van der Waals surface area contributed by atoms with Gasteiger partial charge in [0.05, 0.1) is 19.7 Å². The Morgan fingerprint density at radius 3 is 2.55 bits per heavy atom. The molecule has 0 spiro atoms. The number of hydrogen-bond acceptors (Lipinski definition) is 6. The Labute approximate surface area is 122 Å². The van der Waals surface area contributed by atoms with Gasteiger partial charge in [0, 0.05) is 18.0 Å². The van der Waals surface area contributed by atoms with Crippen LogP contribution in [0.1, 0.15) is 0 Å². The smallest absolute Gasteiger partial charge is 0.189 e. The predicted octanol–water partition coefficient (Wildman–Crippen LogP) is 2.97. The van der Waals surface area contributed by atoms with Gasteiger partial charge in [0.2, 0.25) is 0 Å². The zero-order chi connectivity index (χ0) is 14.5. The summed E-state index contributed by atoms with van der Waals surface area (Å²) >= 11 is 1.49. The van der Waals surface area contributed by atoms with Gasteiger partial charge in [0.25, 0.3) is 0 Å². The summed E-state index contributed by atoms with van der Waals surface area (Å²) in [6, 6.07) is 3.73. The third kappa shape index (κ3) is 2.80. The molecule has 0 saturated carbocycles. The van der Waals surface area contributed by atoms with Crippen LogP contribution >= 0.6 is 11.8 Å². The summed E-state index contributed by atoms with van der Waals surface area (Å²) in [5.41, 5.74) is 0.813. The van der Waals surface area contributed by atoms with Crippen LogP contribution in [0.25, 0.3) is 10.9 Å². The highest BCUT2D eigenvalue weighted by atomic mass is 32.2. The first-order chi connectivity index (χ1) is 9.73. The summed E-state index contributed by atoms with van der Waals surface area (Å²) in [5.74, 6) is 2.07. The lowest BCUT2D eigenvalue weighted by Crippen LogP contribution is -2.03. The number of nitrogens with one attached hydrogen (secondary N) is 1. The summed E-state index contributed by atoms with van der Waals surface area (Å²) in [7, 11) is 3.22. The summed E-state index contributed by atoms with van der Waals surface area (Å²) in [5, 5.41) is 4.82. The molecular weight excluding hydrogens is 274 g/mol. The first-order valence-electron chi connectivity index (χ1n) is 6.06. The highest BCUT2D eigenvalue weighted by Gasteiger charge is 2.12. The summed E-state index contributed by atoms with van der Waals surface area (Å²) in [4.78, 5) is 8.98. The van der Waals surface area contributed by atoms with E-state index in [1.165, 1.54) is 11.8 Å². The van der Waals surface area contributed by atoms with E-state index in [1.807, 2.05) is 18.4 Å². The van der Waals surface area contributed by atoms with Crippen LogP contribution in [0.4, 0.5) is 5.82 Å². The molecule has 0 radical (unpaired) electrons. The van der Waals surface area contributed by atoms with Gasteiger partial charge in [-0.3, -0.25) is 0 Å². The maximum absolute atomic E-state index is 5.33.